The minimum atomic E-state index is -0.876. The second-order valence-electron chi connectivity index (χ2n) is 3.78. The molecule has 0 aliphatic carbocycles. The van der Waals surface area contributed by atoms with Gasteiger partial charge in [-0.2, -0.15) is 4.98 Å². The highest BCUT2D eigenvalue weighted by atomic mass is 32.2. The summed E-state index contributed by atoms with van der Waals surface area (Å²) in [6, 6.07) is 0. The number of aromatic amines is 1. The minimum absolute atomic E-state index is 0.253. The molecular weight excluding hydrogens is 302 g/mol. The lowest BCUT2D eigenvalue weighted by Crippen LogP contribution is -2.33. The molecule has 0 atom stereocenters. The fourth-order valence-electron chi connectivity index (χ4n) is 1.60. The van der Waals surface area contributed by atoms with Gasteiger partial charge in [-0.3, -0.25) is 28.6 Å². The van der Waals surface area contributed by atoms with Crippen molar-refractivity contribution in [1.29, 1.82) is 0 Å². The van der Waals surface area contributed by atoms with Gasteiger partial charge < -0.3 is 0 Å². The molecule has 20 heavy (non-hydrogen) atoms. The largest absolute Gasteiger partial charge is 0.339 e. The van der Waals surface area contributed by atoms with Gasteiger partial charge in [0.2, 0.25) is 0 Å². The standard InChI is InChI=1S/C10H7N5O3S2/c1-14-9(11-6(17)7(18)13-14)20-8-5(4-16)15-2-3-19-10(15)12-8/h2-4H,1H3,(H,13,18). The van der Waals surface area contributed by atoms with E-state index in [1.807, 2.05) is 5.38 Å². The fourth-order valence-corrected chi connectivity index (χ4v) is 3.25. The van der Waals surface area contributed by atoms with E-state index >= 15 is 0 Å². The molecule has 0 fully saturated rings. The first kappa shape index (κ1) is 12.8. The third kappa shape index (κ3) is 1.98. The first-order valence-corrected chi connectivity index (χ1v) is 7.05. The van der Waals surface area contributed by atoms with Crippen molar-refractivity contribution in [3.8, 4) is 0 Å². The molecule has 3 heterocycles. The maximum absolute atomic E-state index is 11.3. The molecular formula is C10H7N5O3S2. The molecule has 3 aromatic heterocycles. The van der Waals surface area contributed by atoms with Gasteiger partial charge in [0.25, 0.3) is 0 Å². The van der Waals surface area contributed by atoms with Crippen molar-refractivity contribution >= 4 is 34.3 Å². The van der Waals surface area contributed by atoms with Gasteiger partial charge in [0, 0.05) is 18.6 Å². The van der Waals surface area contributed by atoms with E-state index < -0.39 is 11.1 Å². The fraction of sp³-hybridized carbons (Fsp3) is 0.100. The van der Waals surface area contributed by atoms with Crippen molar-refractivity contribution in [3.63, 3.8) is 0 Å². The Hall–Kier alpha value is -2.20. The van der Waals surface area contributed by atoms with Crippen LogP contribution in [0.3, 0.4) is 0 Å². The number of carbonyl (C=O) groups is 1. The molecule has 0 amide bonds. The molecule has 0 bridgehead atoms. The lowest BCUT2D eigenvalue weighted by molar-refractivity contribution is 0.111. The number of fused-ring (bicyclic) bond motifs is 1. The second-order valence-corrected chi connectivity index (χ2v) is 5.61. The molecule has 8 nitrogen and oxygen atoms in total. The van der Waals surface area contributed by atoms with E-state index in [9.17, 15) is 14.4 Å². The average Bonchev–Trinajstić information content (AvgIpc) is 2.96. The summed E-state index contributed by atoms with van der Waals surface area (Å²) in [6.07, 6.45) is 2.43. The summed E-state index contributed by atoms with van der Waals surface area (Å²) in [5.41, 5.74) is -1.29. The van der Waals surface area contributed by atoms with Gasteiger partial charge in [0.15, 0.2) is 16.4 Å². The molecule has 1 N–H and O–H groups in total. The van der Waals surface area contributed by atoms with E-state index in [0.29, 0.717) is 22.0 Å². The highest BCUT2D eigenvalue weighted by molar-refractivity contribution is 7.99. The summed E-state index contributed by atoms with van der Waals surface area (Å²) in [7, 11) is 1.55. The van der Waals surface area contributed by atoms with Crippen molar-refractivity contribution < 1.29 is 4.79 Å². The number of H-pyrrole nitrogens is 1. The second kappa shape index (κ2) is 4.72. The smallest absolute Gasteiger partial charge is 0.296 e. The summed E-state index contributed by atoms with van der Waals surface area (Å²) in [6.45, 7) is 0. The predicted octanol–water partition coefficient (Wildman–Crippen LogP) is 0.141. The first-order chi connectivity index (χ1) is 9.60. The van der Waals surface area contributed by atoms with Gasteiger partial charge in [-0.15, -0.1) is 11.3 Å². The van der Waals surface area contributed by atoms with Crippen molar-refractivity contribution in [1.82, 2.24) is 24.1 Å². The topological polar surface area (TPSA) is 102 Å². The molecule has 0 saturated heterocycles. The Labute approximate surface area is 119 Å². The summed E-state index contributed by atoms with van der Waals surface area (Å²) >= 11 is 2.43. The molecule has 0 aliphatic rings. The Morgan fingerprint density at radius 2 is 2.20 bits per heavy atom. The van der Waals surface area contributed by atoms with Crippen LogP contribution in [0.2, 0.25) is 0 Å². The zero-order valence-corrected chi connectivity index (χ0v) is 11.7. The third-order valence-electron chi connectivity index (χ3n) is 2.51. The van der Waals surface area contributed by atoms with E-state index in [-0.39, 0.29) is 5.16 Å². The monoisotopic (exact) mass is 309 g/mol. The Morgan fingerprint density at radius 3 is 2.95 bits per heavy atom. The van der Waals surface area contributed by atoms with E-state index in [4.69, 9.17) is 0 Å². The highest BCUT2D eigenvalue weighted by Gasteiger charge is 2.16. The molecule has 102 valence electrons. The number of hydrogen-bond donors (Lipinski definition) is 1. The molecule has 3 aromatic rings. The van der Waals surface area contributed by atoms with E-state index in [0.717, 1.165) is 11.8 Å². The Morgan fingerprint density at radius 1 is 1.40 bits per heavy atom. The average molecular weight is 309 g/mol. The number of aldehydes is 1. The van der Waals surface area contributed by atoms with Crippen LogP contribution in [-0.2, 0) is 7.05 Å². The summed E-state index contributed by atoms with van der Waals surface area (Å²) < 4.78 is 2.97. The van der Waals surface area contributed by atoms with Gasteiger partial charge >= 0.3 is 11.1 Å². The SMILES string of the molecule is Cn1[nH]c(=O)c(=O)nc1Sc1nc2sccn2c1C=O. The number of nitrogens with zero attached hydrogens (tertiary/aromatic N) is 4. The molecule has 0 aromatic carbocycles. The maximum atomic E-state index is 11.3. The van der Waals surface area contributed by atoms with Crippen LogP contribution in [0.15, 0.2) is 31.3 Å². The van der Waals surface area contributed by atoms with Gasteiger partial charge in [0.1, 0.15) is 10.7 Å². The predicted molar refractivity (Wildman–Crippen MR) is 72.7 cm³/mol. The van der Waals surface area contributed by atoms with E-state index in [2.05, 4.69) is 15.1 Å². The van der Waals surface area contributed by atoms with Crippen LogP contribution in [0, 0.1) is 0 Å². The number of rotatable bonds is 3. The Balaban J connectivity index is 2.11. The Bertz CT molecular complexity index is 919. The lowest BCUT2D eigenvalue weighted by atomic mass is 10.5. The zero-order chi connectivity index (χ0) is 14.3. The zero-order valence-electron chi connectivity index (χ0n) is 10.1. The Kier molecular flexibility index (Phi) is 3.03. The van der Waals surface area contributed by atoms with Crippen LogP contribution in [0.4, 0.5) is 0 Å². The van der Waals surface area contributed by atoms with E-state index in [1.165, 1.54) is 16.0 Å². The molecule has 0 aliphatic heterocycles. The molecule has 0 radical (unpaired) electrons. The number of thiazole rings is 1. The molecule has 0 spiro atoms. The van der Waals surface area contributed by atoms with Crippen LogP contribution in [0.25, 0.3) is 4.96 Å². The van der Waals surface area contributed by atoms with Crippen molar-refractivity contribution in [3.05, 3.63) is 38.0 Å². The maximum Gasteiger partial charge on any atom is 0.339 e. The van der Waals surface area contributed by atoms with Gasteiger partial charge in [-0.1, -0.05) is 0 Å². The summed E-state index contributed by atoms with van der Waals surface area (Å²) in [5.74, 6) is 0. The molecule has 0 unspecified atom stereocenters. The van der Waals surface area contributed by atoms with Crippen molar-refractivity contribution in [2.45, 2.75) is 10.2 Å². The van der Waals surface area contributed by atoms with Crippen LogP contribution in [-0.4, -0.2) is 30.4 Å². The molecule has 0 saturated carbocycles. The number of nitrogens with one attached hydrogen (secondary N) is 1. The summed E-state index contributed by atoms with van der Waals surface area (Å²) in [4.78, 5) is 42.2. The van der Waals surface area contributed by atoms with Crippen molar-refractivity contribution in [2.24, 2.45) is 7.05 Å². The molecule has 3 rings (SSSR count). The lowest BCUT2D eigenvalue weighted by Gasteiger charge is -2.03. The normalized spacial score (nSPS) is 11.1. The number of imidazole rings is 1. The van der Waals surface area contributed by atoms with Crippen molar-refractivity contribution in [2.75, 3.05) is 0 Å². The molecule has 10 heteroatoms. The third-order valence-corrected chi connectivity index (χ3v) is 4.31. The van der Waals surface area contributed by atoms with Crippen LogP contribution in [0.5, 0.6) is 0 Å². The van der Waals surface area contributed by atoms with Gasteiger partial charge in [0.05, 0.1) is 0 Å². The quantitative estimate of drug-likeness (QED) is 0.545. The number of aromatic nitrogens is 5. The van der Waals surface area contributed by atoms with Crippen LogP contribution in [0.1, 0.15) is 10.5 Å². The van der Waals surface area contributed by atoms with Gasteiger partial charge in [-0.25, -0.2) is 4.98 Å². The summed E-state index contributed by atoms with van der Waals surface area (Å²) in [5, 5.41) is 4.84. The number of aryl methyl sites for hydroxylation is 1. The van der Waals surface area contributed by atoms with Crippen LogP contribution < -0.4 is 11.1 Å². The number of carbonyl (C=O) groups excluding carboxylic acids is 1. The van der Waals surface area contributed by atoms with Crippen LogP contribution >= 0.6 is 23.1 Å². The minimum Gasteiger partial charge on any atom is -0.296 e. The first-order valence-electron chi connectivity index (χ1n) is 5.36. The highest BCUT2D eigenvalue weighted by Crippen LogP contribution is 2.28. The number of hydrogen-bond acceptors (Lipinski definition) is 7. The van der Waals surface area contributed by atoms with Gasteiger partial charge in [-0.05, 0) is 11.8 Å². The van der Waals surface area contributed by atoms with E-state index in [1.54, 1.807) is 17.6 Å².